The van der Waals surface area contributed by atoms with Crippen molar-refractivity contribution in [2.45, 2.75) is 72.0 Å². The number of hydrogen-bond donors (Lipinski definition) is 2. The Labute approximate surface area is 147 Å². The third kappa shape index (κ3) is 5.68. The van der Waals surface area contributed by atoms with Crippen LogP contribution in [0.3, 0.4) is 0 Å². The van der Waals surface area contributed by atoms with Crippen molar-refractivity contribution in [2.24, 2.45) is 23.7 Å². The summed E-state index contributed by atoms with van der Waals surface area (Å²) in [7, 11) is -9.33. The van der Waals surface area contributed by atoms with Gasteiger partial charge in [-0.15, -0.1) is 0 Å². The lowest BCUT2D eigenvalue weighted by molar-refractivity contribution is 0.150. The maximum Gasteiger partial charge on any atom is 0.272 e. The lowest BCUT2D eigenvalue weighted by Crippen LogP contribution is -2.59. The molecule has 24 heavy (non-hydrogen) atoms. The highest BCUT2D eigenvalue weighted by Crippen LogP contribution is 2.46. The van der Waals surface area contributed by atoms with Crippen molar-refractivity contribution in [1.82, 2.24) is 0 Å². The fourth-order valence-electron chi connectivity index (χ4n) is 4.14. The maximum absolute atomic E-state index is 12.6. The fraction of sp³-hybridized carbons (Fsp3) is 1.00. The molecule has 0 aliphatic rings. The zero-order valence-electron chi connectivity index (χ0n) is 15.7. The highest BCUT2D eigenvalue weighted by Gasteiger charge is 2.58. The van der Waals surface area contributed by atoms with Gasteiger partial charge in [0.2, 0.25) is 0 Å². The molecule has 0 saturated carbocycles. The molecular formula is C16H34O6S2. The van der Waals surface area contributed by atoms with E-state index in [1.165, 1.54) is 0 Å². The number of hydrogen-bond acceptors (Lipinski definition) is 4. The van der Waals surface area contributed by atoms with E-state index in [0.29, 0.717) is 25.7 Å². The summed E-state index contributed by atoms with van der Waals surface area (Å²) in [5.41, 5.74) is 0. The van der Waals surface area contributed by atoms with Crippen molar-refractivity contribution in [1.29, 1.82) is 0 Å². The van der Waals surface area contributed by atoms with Gasteiger partial charge in [-0.3, -0.25) is 9.11 Å². The van der Waals surface area contributed by atoms with E-state index in [0.717, 1.165) is 0 Å². The predicted molar refractivity (Wildman–Crippen MR) is 97.2 cm³/mol. The topological polar surface area (TPSA) is 109 Å². The molecule has 146 valence electrons. The Morgan fingerprint density at radius 2 is 1.12 bits per heavy atom. The largest absolute Gasteiger partial charge is 0.285 e. The lowest BCUT2D eigenvalue weighted by atomic mass is 9.69. The second kappa shape index (κ2) is 8.96. The summed E-state index contributed by atoms with van der Waals surface area (Å²) in [4.78, 5) is 0. The second-order valence-electron chi connectivity index (χ2n) is 7.43. The molecule has 0 aromatic rings. The Morgan fingerprint density at radius 3 is 1.29 bits per heavy atom. The molecular weight excluding hydrogens is 352 g/mol. The molecule has 0 radical (unpaired) electrons. The van der Waals surface area contributed by atoms with Crippen LogP contribution in [0.2, 0.25) is 0 Å². The summed E-state index contributed by atoms with van der Waals surface area (Å²) in [6.07, 6.45) is 2.23. The highest BCUT2D eigenvalue weighted by atomic mass is 32.2. The first-order valence-corrected chi connectivity index (χ1v) is 11.7. The minimum Gasteiger partial charge on any atom is -0.285 e. The SMILES string of the molecule is CCCC(C(C)C)C(CS(=O)(=O)O)(C(CCC)C(C)C)S(=O)(=O)O. The Morgan fingerprint density at radius 1 is 0.792 bits per heavy atom. The van der Waals surface area contributed by atoms with E-state index in [2.05, 4.69) is 0 Å². The molecule has 0 aliphatic heterocycles. The molecule has 0 fully saturated rings. The van der Waals surface area contributed by atoms with E-state index in [-0.39, 0.29) is 11.8 Å². The molecule has 2 unspecified atom stereocenters. The first kappa shape index (κ1) is 23.8. The fourth-order valence-corrected chi connectivity index (χ4v) is 7.72. The standard InChI is InChI=1S/C16H34O6S2/c1-7-9-14(12(3)4)16(24(20,21)22,11-23(17,18)19)15(10-8-2)13(5)6/h12-15H,7-11H2,1-6H3,(H,17,18,19)(H,20,21,22). The highest BCUT2D eigenvalue weighted by molar-refractivity contribution is 7.90. The van der Waals surface area contributed by atoms with Crippen LogP contribution < -0.4 is 0 Å². The average molecular weight is 387 g/mol. The van der Waals surface area contributed by atoms with Crippen molar-refractivity contribution < 1.29 is 25.9 Å². The first-order chi connectivity index (χ1) is 10.7. The summed E-state index contributed by atoms with van der Waals surface area (Å²) >= 11 is 0. The van der Waals surface area contributed by atoms with Crippen molar-refractivity contribution in [3.05, 3.63) is 0 Å². The van der Waals surface area contributed by atoms with Gasteiger partial charge in [-0.1, -0.05) is 54.4 Å². The molecule has 0 aliphatic carbocycles. The van der Waals surface area contributed by atoms with E-state index < -0.39 is 42.6 Å². The summed E-state index contributed by atoms with van der Waals surface area (Å²) in [6, 6.07) is 0. The van der Waals surface area contributed by atoms with E-state index in [1.54, 1.807) is 0 Å². The summed E-state index contributed by atoms with van der Waals surface area (Å²) in [5, 5.41) is 0. The van der Waals surface area contributed by atoms with Crippen LogP contribution in [0.1, 0.15) is 67.2 Å². The molecule has 8 heteroatoms. The minimum atomic E-state index is -4.73. The van der Waals surface area contributed by atoms with Crippen molar-refractivity contribution in [3.63, 3.8) is 0 Å². The van der Waals surface area contributed by atoms with Crippen LogP contribution in [-0.4, -0.2) is 36.4 Å². The molecule has 0 saturated heterocycles. The summed E-state index contributed by atoms with van der Waals surface area (Å²) in [5.74, 6) is -2.43. The van der Waals surface area contributed by atoms with E-state index >= 15 is 0 Å². The van der Waals surface area contributed by atoms with Crippen LogP contribution in [0.5, 0.6) is 0 Å². The van der Waals surface area contributed by atoms with Crippen LogP contribution in [-0.2, 0) is 20.2 Å². The van der Waals surface area contributed by atoms with Gasteiger partial charge in [-0.2, -0.15) is 16.8 Å². The summed E-state index contributed by atoms with van der Waals surface area (Å²) < 4.78 is 66.4. The molecule has 0 rings (SSSR count). The van der Waals surface area contributed by atoms with Gasteiger partial charge in [-0.25, -0.2) is 0 Å². The third-order valence-electron chi connectivity index (χ3n) is 4.95. The third-order valence-corrected chi connectivity index (χ3v) is 7.69. The zero-order valence-corrected chi connectivity index (χ0v) is 17.3. The van der Waals surface area contributed by atoms with Crippen molar-refractivity contribution in [3.8, 4) is 0 Å². The molecule has 0 heterocycles. The maximum atomic E-state index is 12.6. The minimum absolute atomic E-state index is 0.160. The van der Waals surface area contributed by atoms with Crippen LogP contribution >= 0.6 is 0 Å². The Kier molecular flexibility index (Phi) is 8.89. The van der Waals surface area contributed by atoms with Gasteiger partial charge in [0.1, 0.15) is 4.75 Å². The summed E-state index contributed by atoms with van der Waals surface area (Å²) in [6.45, 7) is 11.1. The van der Waals surface area contributed by atoms with Gasteiger partial charge in [0.15, 0.2) is 0 Å². The Balaban J connectivity index is 6.76. The molecule has 2 N–H and O–H groups in total. The van der Waals surface area contributed by atoms with Crippen LogP contribution in [0.4, 0.5) is 0 Å². The molecule has 0 aromatic heterocycles. The smallest absolute Gasteiger partial charge is 0.272 e. The normalized spacial score (nSPS) is 18.6. The van der Waals surface area contributed by atoms with Crippen molar-refractivity contribution in [2.75, 3.05) is 5.75 Å². The molecule has 6 nitrogen and oxygen atoms in total. The first-order valence-electron chi connectivity index (χ1n) is 8.66. The second-order valence-corrected chi connectivity index (χ2v) is 10.6. The molecule has 0 bridgehead atoms. The van der Waals surface area contributed by atoms with Crippen LogP contribution in [0.25, 0.3) is 0 Å². The quantitative estimate of drug-likeness (QED) is 0.525. The Bertz CT molecular complexity index is 560. The van der Waals surface area contributed by atoms with E-state index in [4.69, 9.17) is 0 Å². The predicted octanol–water partition coefficient (Wildman–Crippen LogP) is 3.65. The van der Waals surface area contributed by atoms with Crippen LogP contribution in [0, 0.1) is 23.7 Å². The number of rotatable bonds is 11. The average Bonchev–Trinajstić information content (AvgIpc) is 2.36. The van der Waals surface area contributed by atoms with E-state index in [1.807, 2.05) is 41.5 Å². The molecule has 0 amide bonds. The van der Waals surface area contributed by atoms with Gasteiger partial charge in [0.05, 0.1) is 5.75 Å². The lowest BCUT2D eigenvalue weighted by Gasteiger charge is -2.46. The molecule has 2 atom stereocenters. The van der Waals surface area contributed by atoms with Crippen molar-refractivity contribution >= 4 is 20.2 Å². The van der Waals surface area contributed by atoms with E-state index in [9.17, 15) is 25.9 Å². The molecule has 0 aromatic carbocycles. The van der Waals surface area contributed by atoms with Gasteiger partial charge in [0.25, 0.3) is 20.2 Å². The van der Waals surface area contributed by atoms with Gasteiger partial charge < -0.3 is 0 Å². The monoisotopic (exact) mass is 386 g/mol. The van der Waals surface area contributed by atoms with Crippen LogP contribution in [0.15, 0.2) is 0 Å². The van der Waals surface area contributed by atoms with Gasteiger partial charge in [-0.05, 0) is 36.5 Å². The molecule has 0 spiro atoms. The van der Waals surface area contributed by atoms with Gasteiger partial charge >= 0.3 is 0 Å². The van der Waals surface area contributed by atoms with Gasteiger partial charge in [0, 0.05) is 0 Å². The zero-order chi connectivity index (χ0) is 19.3. The Hall–Kier alpha value is -0.180.